The van der Waals surface area contributed by atoms with Crippen molar-refractivity contribution in [3.05, 3.63) is 89.5 Å². The van der Waals surface area contributed by atoms with E-state index in [9.17, 15) is 0 Å². The molecule has 2 heterocycles. The third-order valence-corrected chi connectivity index (χ3v) is 5.48. The quantitative estimate of drug-likeness (QED) is 0.637. The molecule has 0 N–H and O–H groups in total. The molecule has 3 aromatic carbocycles. The fourth-order valence-electron chi connectivity index (χ4n) is 4.03. The Labute approximate surface area is 170 Å². The summed E-state index contributed by atoms with van der Waals surface area (Å²) in [7, 11) is 3.36. The second-order valence-electron chi connectivity index (χ2n) is 7.16. The lowest BCUT2D eigenvalue weighted by Gasteiger charge is -2.38. The van der Waals surface area contributed by atoms with Crippen LogP contribution in [0.3, 0.4) is 0 Å². The summed E-state index contributed by atoms with van der Waals surface area (Å²) < 4.78 is 17.2. The number of methoxy groups -OCH3 is 2. The standard InChI is InChI=1S/C24H22N2O3/c1-27-18-9-5-7-16(13-18)21-15-22-20-11-3-4-12-23(20)29-24(26(22)25-21)17-8-6-10-19(14-17)28-2/h3-14,22,24H,15H2,1-2H3/t22-,24+/m1/s1. The van der Waals surface area contributed by atoms with Gasteiger partial charge in [0.2, 0.25) is 6.23 Å². The Hall–Kier alpha value is -3.47. The fraction of sp³-hybridized carbons (Fsp3) is 0.208. The smallest absolute Gasteiger partial charge is 0.214 e. The number of nitrogens with zero attached hydrogens (tertiary/aromatic N) is 2. The Kier molecular flexibility index (Phi) is 4.35. The molecule has 2 aliphatic heterocycles. The predicted molar refractivity (Wildman–Crippen MR) is 112 cm³/mol. The number of fused-ring (bicyclic) bond motifs is 3. The van der Waals surface area contributed by atoms with Gasteiger partial charge in [-0.3, -0.25) is 0 Å². The van der Waals surface area contributed by atoms with Gasteiger partial charge in [0.05, 0.1) is 26.0 Å². The van der Waals surface area contributed by atoms with E-state index in [1.165, 1.54) is 0 Å². The minimum Gasteiger partial charge on any atom is -0.497 e. The first-order valence-electron chi connectivity index (χ1n) is 9.66. The van der Waals surface area contributed by atoms with Crippen molar-refractivity contribution in [2.24, 2.45) is 5.10 Å². The molecule has 0 saturated carbocycles. The topological polar surface area (TPSA) is 43.3 Å². The molecular weight excluding hydrogens is 364 g/mol. The van der Waals surface area contributed by atoms with Crippen LogP contribution in [-0.2, 0) is 0 Å². The maximum absolute atomic E-state index is 6.40. The minimum atomic E-state index is -0.312. The predicted octanol–water partition coefficient (Wildman–Crippen LogP) is 4.95. The number of hydrogen-bond donors (Lipinski definition) is 0. The number of hydrazone groups is 1. The normalized spacial score (nSPS) is 19.7. The Balaban J connectivity index is 1.58. The third-order valence-electron chi connectivity index (χ3n) is 5.48. The van der Waals surface area contributed by atoms with Crippen LogP contribution in [0.2, 0.25) is 0 Å². The molecule has 5 nitrogen and oxygen atoms in total. The van der Waals surface area contributed by atoms with Crippen molar-refractivity contribution in [3.63, 3.8) is 0 Å². The summed E-state index contributed by atoms with van der Waals surface area (Å²) in [6.45, 7) is 0. The lowest BCUT2D eigenvalue weighted by molar-refractivity contribution is -0.0191. The summed E-state index contributed by atoms with van der Waals surface area (Å²) in [5.74, 6) is 2.54. The Morgan fingerprint density at radius 2 is 1.66 bits per heavy atom. The molecule has 0 fully saturated rings. The Morgan fingerprint density at radius 3 is 2.48 bits per heavy atom. The summed E-state index contributed by atoms with van der Waals surface area (Å²) in [5.41, 5.74) is 4.27. The molecule has 0 unspecified atom stereocenters. The molecule has 5 rings (SSSR count). The van der Waals surface area contributed by atoms with Crippen LogP contribution in [0, 0.1) is 0 Å². The van der Waals surface area contributed by atoms with Gasteiger partial charge in [0.15, 0.2) is 0 Å². The number of rotatable bonds is 4. The van der Waals surface area contributed by atoms with Crippen molar-refractivity contribution in [1.82, 2.24) is 5.01 Å². The maximum Gasteiger partial charge on any atom is 0.214 e. The van der Waals surface area contributed by atoms with Gasteiger partial charge in [-0.2, -0.15) is 5.10 Å². The molecule has 29 heavy (non-hydrogen) atoms. The molecule has 0 aromatic heterocycles. The van der Waals surface area contributed by atoms with Gasteiger partial charge >= 0.3 is 0 Å². The van der Waals surface area contributed by atoms with Gasteiger partial charge in [0.25, 0.3) is 0 Å². The van der Waals surface area contributed by atoms with Crippen LogP contribution in [-0.4, -0.2) is 24.9 Å². The van der Waals surface area contributed by atoms with E-state index in [0.717, 1.165) is 46.1 Å². The summed E-state index contributed by atoms with van der Waals surface area (Å²) >= 11 is 0. The van der Waals surface area contributed by atoms with Crippen molar-refractivity contribution < 1.29 is 14.2 Å². The zero-order valence-corrected chi connectivity index (χ0v) is 16.4. The van der Waals surface area contributed by atoms with Crippen molar-refractivity contribution in [2.75, 3.05) is 14.2 Å². The van der Waals surface area contributed by atoms with Gasteiger partial charge in [0, 0.05) is 23.1 Å². The van der Waals surface area contributed by atoms with Crippen molar-refractivity contribution >= 4 is 5.71 Å². The molecule has 146 valence electrons. The SMILES string of the molecule is COc1cccc(C2=NN3[C@H](C2)c2ccccc2O[C@H]3c2cccc(OC)c2)c1. The molecule has 3 aromatic rings. The van der Waals surface area contributed by atoms with Crippen LogP contribution in [0.4, 0.5) is 0 Å². The highest BCUT2D eigenvalue weighted by atomic mass is 16.5. The molecule has 0 bridgehead atoms. The highest BCUT2D eigenvalue weighted by Crippen LogP contribution is 2.47. The first-order valence-corrected chi connectivity index (χ1v) is 9.66. The van der Waals surface area contributed by atoms with E-state index in [2.05, 4.69) is 29.3 Å². The lowest BCUT2D eigenvalue weighted by atomic mass is 9.96. The molecule has 0 aliphatic carbocycles. The van der Waals surface area contributed by atoms with Gasteiger partial charge in [-0.25, -0.2) is 5.01 Å². The highest BCUT2D eigenvalue weighted by Gasteiger charge is 2.40. The van der Waals surface area contributed by atoms with Crippen LogP contribution < -0.4 is 14.2 Å². The van der Waals surface area contributed by atoms with E-state index < -0.39 is 0 Å². The second kappa shape index (κ2) is 7.17. The Bertz CT molecular complexity index is 1080. The molecule has 0 radical (unpaired) electrons. The van der Waals surface area contributed by atoms with E-state index in [1.807, 2.05) is 48.5 Å². The van der Waals surface area contributed by atoms with Gasteiger partial charge in [-0.15, -0.1) is 0 Å². The average molecular weight is 386 g/mol. The maximum atomic E-state index is 6.40. The van der Waals surface area contributed by atoms with Gasteiger partial charge in [-0.1, -0.05) is 42.5 Å². The molecule has 0 amide bonds. The molecule has 0 saturated heterocycles. The van der Waals surface area contributed by atoms with Crippen molar-refractivity contribution in [1.29, 1.82) is 0 Å². The Morgan fingerprint density at radius 1 is 0.897 bits per heavy atom. The highest BCUT2D eigenvalue weighted by molar-refractivity contribution is 6.02. The van der Waals surface area contributed by atoms with Crippen LogP contribution >= 0.6 is 0 Å². The minimum absolute atomic E-state index is 0.123. The van der Waals surface area contributed by atoms with E-state index in [0.29, 0.717) is 0 Å². The first-order chi connectivity index (χ1) is 14.3. The summed E-state index contributed by atoms with van der Waals surface area (Å²) in [6, 6.07) is 24.4. The lowest BCUT2D eigenvalue weighted by Crippen LogP contribution is -2.33. The van der Waals surface area contributed by atoms with E-state index in [-0.39, 0.29) is 12.3 Å². The summed E-state index contributed by atoms with van der Waals surface area (Å²) in [6.07, 6.45) is 0.502. The fourth-order valence-corrected chi connectivity index (χ4v) is 4.03. The van der Waals surface area contributed by atoms with Crippen molar-refractivity contribution in [3.8, 4) is 17.2 Å². The number of para-hydroxylation sites is 1. The van der Waals surface area contributed by atoms with Crippen LogP contribution in [0.15, 0.2) is 77.9 Å². The monoisotopic (exact) mass is 386 g/mol. The van der Waals surface area contributed by atoms with Gasteiger partial charge in [-0.05, 0) is 30.3 Å². The molecule has 2 aliphatic rings. The van der Waals surface area contributed by atoms with Gasteiger partial charge < -0.3 is 14.2 Å². The molecule has 5 heteroatoms. The van der Waals surface area contributed by atoms with E-state index in [4.69, 9.17) is 19.3 Å². The zero-order chi connectivity index (χ0) is 19.8. The van der Waals surface area contributed by atoms with Crippen LogP contribution in [0.25, 0.3) is 0 Å². The van der Waals surface area contributed by atoms with Crippen molar-refractivity contribution in [2.45, 2.75) is 18.7 Å². The number of benzene rings is 3. The largest absolute Gasteiger partial charge is 0.497 e. The molecule has 0 spiro atoms. The summed E-state index contributed by atoms with van der Waals surface area (Å²) in [4.78, 5) is 0. The summed E-state index contributed by atoms with van der Waals surface area (Å²) in [5, 5.41) is 7.07. The second-order valence-corrected chi connectivity index (χ2v) is 7.16. The number of ether oxygens (including phenoxy) is 3. The zero-order valence-electron chi connectivity index (χ0n) is 16.4. The molecule has 2 atom stereocenters. The van der Waals surface area contributed by atoms with Crippen LogP contribution in [0.1, 0.15) is 35.4 Å². The first kappa shape index (κ1) is 17.6. The van der Waals surface area contributed by atoms with E-state index in [1.54, 1.807) is 14.2 Å². The average Bonchev–Trinajstić information content (AvgIpc) is 3.24. The van der Waals surface area contributed by atoms with E-state index >= 15 is 0 Å². The third kappa shape index (κ3) is 3.09. The molecular formula is C24H22N2O3. The van der Waals surface area contributed by atoms with Gasteiger partial charge in [0.1, 0.15) is 17.2 Å². The number of hydrogen-bond acceptors (Lipinski definition) is 5. The van der Waals surface area contributed by atoms with Crippen LogP contribution in [0.5, 0.6) is 17.2 Å².